The molecule has 0 fully saturated rings. The van der Waals surface area contributed by atoms with Crippen molar-refractivity contribution >= 4 is 17.7 Å². The van der Waals surface area contributed by atoms with Gasteiger partial charge in [0.25, 0.3) is 5.91 Å². The van der Waals surface area contributed by atoms with Gasteiger partial charge in [0.05, 0.1) is 0 Å². The zero-order valence-electron chi connectivity index (χ0n) is 10.2. The van der Waals surface area contributed by atoms with Gasteiger partial charge >= 0.3 is 0 Å². The molecule has 2 aromatic rings. The fourth-order valence-corrected chi connectivity index (χ4v) is 3.15. The highest BCUT2D eigenvalue weighted by molar-refractivity contribution is 6.03. The Kier molecular flexibility index (Phi) is 1.78. The number of hydrogen-bond acceptors (Lipinski definition) is 2. The van der Waals surface area contributed by atoms with Gasteiger partial charge in [-0.05, 0) is 17.2 Å². The SMILES string of the molecule is NC(=O)[C@]12NC(=Cc3ccccc31)c1ccccc12. The number of carbonyl (C=O) groups excluding carboxylic acids is 1. The van der Waals surface area contributed by atoms with E-state index in [-0.39, 0.29) is 5.91 Å². The average Bonchev–Trinajstić information content (AvgIpc) is 2.71. The number of nitrogens with two attached hydrogens (primary N) is 1. The first-order valence-electron chi connectivity index (χ1n) is 6.22. The van der Waals surface area contributed by atoms with Crippen molar-refractivity contribution < 1.29 is 4.79 Å². The van der Waals surface area contributed by atoms with Gasteiger partial charge in [0.15, 0.2) is 5.54 Å². The molecule has 2 aromatic carbocycles. The number of benzene rings is 2. The first kappa shape index (κ1) is 10.4. The summed E-state index contributed by atoms with van der Waals surface area (Å²) in [4.78, 5) is 12.2. The van der Waals surface area contributed by atoms with Crippen LogP contribution in [0.25, 0.3) is 11.8 Å². The predicted molar refractivity (Wildman–Crippen MR) is 73.9 cm³/mol. The molecule has 19 heavy (non-hydrogen) atoms. The van der Waals surface area contributed by atoms with Crippen molar-refractivity contribution in [2.24, 2.45) is 5.73 Å². The van der Waals surface area contributed by atoms with Crippen molar-refractivity contribution in [3.63, 3.8) is 0 Å². The molecule has 0 radical (unpaired) electrons. The fourth-order valence-electron chi connectivity index (χ4n) is 3.15. The van der Waals surface area contributed by atoms with Crippen LogP contribution in [0.5, 0.6) is 0 Å². The predicted octanol–water partition coefficient (Wildman–Crippen LogP) is 1.83. The average molecular weight is 248 g/mol. The molecule has 0 aliphatic carbocycles. The van der Waals surface area contributed by atoms with Crippen molar-refractivity contribution in [2.75, 3.05) is 0 Å². The molecule has 2 aliphatic rings. The normalized spacial score (nSPS) is 22.0. The number of nitrogens with one attached hydrogen (secondary N) is 1. The molecule has 0 saturated carbocycles. The van der Waals surface area contributed by atoms with E-state index < -0.39 is 5.54 Å². The largest absolute Gasteiger partial charge is 0.367 e. The first-order valence-corrected chi connectivity index (χ1v) is 6.22. The van der Waals surface area contributed by atoms with Gasteiger partial charge < -0.3 is 11.1 Å². The van der Waals surface area contributed by atoms with Gasteiger partial charge in [-0.25, -0.2) is 0 Å². The Morgan fingerprint density at radius 2 is 1.68 bits per heavy atom. The van der Waals surface area contributed by atoms with Gasteiger partial charge in [-0.3, -0.25) is 4.79 Å². The van der Waals surface area contributed by atoms with Crippen LogP contribution in [0, 0.1) is 0 Å². The molecule has 2 aliphatic heterocycles. The monoisotopic (exact) mass is 248 g/mol. The molecule has 0 aromatic heterocycles. The lowest BCUT2D eigenvalue weighted by Crippen LogP contribution is -2.50. The van der Waals surface area contributed by atoms with Crippen molar-refractivity contribution in [2.45, 2.75) is 5.54 Å². The maximum absolute atomic E-state index is 12.2. The molecule has 92 valence electrons. The Morgan fingerprint density at radius 3 is 2.47 bits per heavy atom. The highest BCUT2D eigenvalue weighted by Crippen LogP contribution is 2.46. The van der Waals surface area contributed by atoms with Gasteiger partial charge in [-0.2, -0.15) is 0 Å². The van der Waals surface area contributed by atoms with Crippen molar-refractivity contribution in [3.05, 3.63) is 70.8 Å². The third-order valence-electron chi connectivity index (χ3n) is 3.98. The van der Waals surface area contributed by atoms with Crippen molar-refractivity contribution in [1.29, 1.82) is 0 Å². The van der Waals surface area contributed by atoms with Crippen LogP contribution in [0.1, 0.15) is 22.3 Å². The van der Waals surface area contributed by atoms with Crippen LogP contribution in [-0.4, -0.2) is 5.91 Å². The van der Waals surface area contributed by atoms with E-state index in [4.69, 9.17) is 5.73 Å². The zero-order chi connectivity index (χ0) is 13.0. The third kappa shape index (κ3) is 1.10. The Labute approximate surface area is 110 Å². The number of amides is 1. The van der Waals surface area contributed by atoms with Crippen LogP contribution >= 0.6 is 0 Å². The summed E-state index contributed by atoms with van der Waals surface area (Å²) in [6, 6.07) is 15.8. The van der Waals surface area contributed by atoms with E-state index in [1.54, 1.807) is 0 Å². The summed E-state index contributed by atoms with van der Waals surface area (Å²) in [5.74, 6) is -0.365. The van der Waals surface area contributed by atoms with Gasteiger partial charge in [0.1, 0.15) is 0 Å². The molecule has 0 unspecified atom stereocenters. The molecule has 3 N–H and O–H groups in total. The van der Waals surface area contributed by atoms with E-state index in [2.05, 4.69) is 11.4 Å². The van der Waals surface area contributed by atoms with Gasteiger partial charge in [-0.1, -0.05) is 48.5 Å². The fraction of sp³-hybridized carbons (Fsp3) is 0.0625. The lowest BCUT2D eigenvalue weighted by atomic mass is 9.81. The second-order valence-electron chi connectivity index (χ2n) is 4.93. The van der Waals surface area contributed by atoms with Crippen molar-refractivity contribution in [1.82, 2.24) is 5.32 Å². The summed E-state index contributed by atoms with van der Waals surface area (Å²) in [6.07, 6.45) is 2.07. The summed E-state index contributed by atoms with van der Waals surface area (Å²) < 4.78 is 0. The van der Waals surface area contributed by atoms with Gasteiger partial charge in [-0.15, -0.1) is 0 Å². The van der Waals surface area contributed by atoms with Crippen LogP contribution in [-0.2, 0) is 10.3 Å². The molecule has 3 heteroatoms. The quantitative estimate of drug-likeness (QED) is 0.809. The molecular formula is C16H12N2O. The number of fused-ring (bicyclic) bond motifs is 7. The topological polar surface area (TPSA) is 55.1 Å². The van der Waals surface area contributed by atoms with Crippen LogP contribution in [0.3, 0.4) is 0 Å². The van der Waals surface area contributed by atoms with Gasteiger partial charge in [0, 0.05) is 16.8 Å². The summed E-state index contributed by atoms with van der Waals surface area (Å²) in [5.41, 5.74) is 9.76. The minimum atomic E-state index is -0.919. The molecule has 2 bridgehead atoms. The van der Waals surface area contributed by atoms with E-state index in [0.717, 1.165) is 28.0 Å². The Balaban J connectivity index is 2.16. The lowest BCUT2D eigenvalue weighted by molar-refractivity contribution is -0.122. The summed E-state index contributed by atoms with van der Waals surface area (Å²) >= 11 is 0. The molecule has 1 amide bonds. The van der Waals surface area contributed by atoms with E-state index >= 15 is 0 Å². The molecule has 2 heterocycles. The number of carbonyl (C=O) groups is 1. The highest BCUT2D eigenvalue weighted by Gasteiger charge is 2.50. The second-order valence-corrected chi connectivity index (χ2v) is 4.93. The Hall–Kier alpha value is -2.55. The molecular weight excluding hydrogens is 236 g/mol. The van der Waals surface area contributed by atoms with E-state index in [1.807, 2.05) is 48.5 Å². The smallest absolute Gasteiger partial charge is 0.252 e. The highest BCUT2D eigenvalue weighted by atomic mass is 16.1. The number of hydrogen-bond donors (Lipinski definition) is 2. The van der Waals surface area contributed by atoms with Gasteiger partial charge in [0.2, 0.25) is 0 Å². The molecule has 4 rings (SSSR count). The van der Waals surface area contributed by atoms with E-state index in [1.165, 1.54) is 0 Å². The second kappa shape index (κ2) is 3.26. The Morgan fingerprint density at radius 1 is 1.00 bits per heavy atom. The minimum Gasteiger partial charge on any atom is -0.367 e. The van der Waals surface area contributed by atoms with Crippen LogP contribution < -0.4 is 11.1 Å². The first-order chi connectivity index (χ1) is 9.23. The minimum absolute atomic E-state index is 0.365. The molecule has 0 saturated heterocycles. The number of rotatable bonds is 1. The molecule has 0 spiro atoms. The van der Waals surface area contributed by atoms with Crippen LogP contribution in [0.15, 0.2) is 48.5 Å². The third-order valence-corrected chi connectivity index (χ3v) is 3.98. The van der Waals surface area contributed by atoms with E-state index in [9.17, 15) is 4.79 Å². The van der Waals surface area contributed by atoms with Crippen LogP contribution in [0.4, 0.5) is 0 Å². The Bertz CT molecular complexity index is 735. The standard InChI is InChI=1S/C16H12N2O/c17-15(19)16-12-7-3-1-5-10(12)9-14(18-16)11-6-2-4-8-13(11)16/h1-9,18H,(H2,17,19)/t16-/m0/s1. The summed E-state index contributed by atoms with van der Waals surface area (Å²) in [7, 11) is 0. The number of primary amides is 1. The van der Waals surface area contributed by atoms with Crippen molar-refractivity contribution in [3.8, 4) is 0 Å². The van der Waals surface area contributed by atoms with Crippen LogP contribution in [0.2, 0.25) is 0 Å². The maximum atomic E-state index is 12.2. The molecule has 3 nitrogen and oxygen atoms in total. The maximum Gasteiger partial charge on any atom is 0.252 e. The summed E-state index contributed by atoms with van der Waals surface area (Å²) in [5, 5.41) is 3.31. The van der Waals surface area contributed by atoms with E-state index in [0.29, 0.717) is 0 Å². The zero-order valence-corrected chi connectivity index (χ0v) is 10.2. The molecule has 1 atom stereocenters. The lowest BCUT2D eigenvalue weighted by Gasteiger charge is -2.32. The summed E-state index contributed by atoms with van der Waals surface area (Å²) in [6.45, 7) is 0.